The molecule has 2 aromatic heterocycles. The fourth-order valence-corrected chi connectivity index (χ4v) is 3.83. The van der Waals surface area contributed by atoms with Crippen molar-refractivity contribution in [1.82, 2.24) is 14.6 Å². The monoisotopic (exact) mass is 418 g/mol. The van der Waals surface area contributed by atoms with Crippen LogP contribution >= 0.6 is 0 Å². The van der Waals surface area contributed by atoms with Crippen LogP contribution in [-0.2, 0) is 6.18 Å². The number of fused-ring (bicyclic) bond motifs is 1. The van der Waals surface area contributed by atoms with Crippen LogP contribution in [0.3, 0.4) is 0 Å². The van der Waals surface area contributed by atoms with E-state index in [1.165, 1.54) is 35.1 Å². The molecule has 1 aliphatic carbocycles. The van der Waals surface area contributed by atoms with Crippen molar-refractivity contribution in [2.45, 2.75) is 45.2 Å². The van der Waals surface area contributed by atoms with E-state index < -0.39 is 17.7 Å². The second-order valence-corrected chi connectivity index (χ2v) is 7.53. The first-order valence-electron chi connectivity index (χ1n) is 9.98. The summed E-state index contributed by atoms with van der Waals surface area (Å²) in [6.07, 6.45) is 2.96. The van der Waals surface area contributed by atoms with Gasteiger partial charge in [0.2, 0.25) is 0 Å². The van der Waals surface area contributed by atoms with Gasteiger partial charge in [-0.15, -0.1) is 0 Å². The molecule has 0 saturated carbocycles. The molecule has 0 amide bonds. The Balaban J connectivity index is 1.75. The summed E-state index contributed by atoms with van der Waals surface area (Å²) in [5.74, 6) is -0.0694. The number of nitrogens with one attached hydrogen (secondary N) is 1. The molecule has 0 atom stereocenters. The minimum atomic E-state index is -4.67. The summed E-state index contributed by atoms with van der Waals surface area (Å²) in [5.41, 5.74) is 1.07. The van der Waals surface area contributed by atoms with Gasteiger partial charge in [-0.1, -0.05) is 23.8 Å². The van der Waals surface area contributed by atoms with Gasteiger partial charge in [0.25, 0.3) is 0 Å². The standard InChI is InChI=1S/C22H22F4N4/c1-14-13-18(27-12-11-15-5-3-2-4-6-15)30-21(28-14)19(20(29-30)22(24,25)26)16-7-9-17(23)10-8-16/h5,7-10,13,27H,2-4,6,11-12H2,1H3. The molecule has 0 bridgehead atoms. The Bertz CT molecular complexity index is 1080. The molecule has 0 spiro atoms. The average Bonchev–Trinajstić information content (AvgIpc) is 3.09. The minimum Gasteiger partial charge on any atom is -0.370 e. The summed E-state index contributed by atoms with van der Waals surface area (Å²) in [6, 6.07) is 6.57. The number of halogens is 4. The van der Waals surface area contributed by atoms with E-state index in [2.05, 4.69) is 21.5 Å². The third kappa shape index (κ3) is 4.17. The highest BCUT2D eigenvalue weighted by atomic mass is 19.4. The molecule has 1 aromatic carbocycles. The van der Waals surface area contributed by atoms with Crippen LogP contribution in [0.5, 0.6) is 0 Å². The second-order valence-electron chi connectivity index (χ2n) is 7.53. The lowest BCUT2D eigenvalue weighted by atomic mass is 9.97. The van der Waals surface area contributed by atoms with Crippen LogP contribution in [0.4, 0.5) is 23.4 Å². The van der Waals surface area contributed by atoms with Gasteiger partial charge >= 0.3 is 6.18 Å². The SMILES string of the molecule is Cc1cc(NCCC2=CCCCC2)n2nc(C(F)(F)F)c(-c3ccc(F)cc3)c2n1. The molecule has 3 aromatic rings. The molecule has 30 heavy (non-hydrogen) atoms. The number of hydrogen-bond acceptors (Lipinski definition) is 3. The number of nitrogens with zero attached hydrogens (tertiary/aromatic N) is 3. The molecule has 0 aliphatic heterocycles. The third-order valence-electron chi connectivity index (χ3n) is 5.26. The fourth-order valence-electron chi connectivity index (χ4n) is 3.83. The topological polar surface area (TPSA) is 42.2 Å². The van der Waals surface area contributed by atoms with Gasteiger partial charge in [0.1, 0.15) is 11.6 Å². The summed E-state index contributed by atoms with van der Waals surface area (Å²) in [7, 11) is 0. The maximum absolute atomic E-state index is 13.8. The third-order valence-corrected chi connectivity index (χ3v) is 5.26. The predicted octanol–water partition coefficient (Wildman–Crippen LogP) is 6.17. The Morgan fingerprint density at radius 2 is 1.90 bits per heavy atom. The van der Waals surface area contributed by atoms with Gasteiger partial charge in [0, 0.05) is 18.3 Å². The van der Waals surface area contributed by atoms with Crippen molar-refractivity contribution in [1.29, 1.82) is 0 Å². The van der Waals surface area contributed by atoms with Crippen LogP contribution in [0.2, 0.25) is 0 Å². The zero-order valence-corrected chi connectivity index (χ0v) is 16.6. The summed E-state index contributed by atoms with van der Waals surface area (Å²) in [6.45, 7) is 2.32. The Hall–Kier alpha value is -2.90. The molecule has 0 saturated heterocycles. The van der Waals surface area contributed by atoms with Crippen LogP contribution in [0.25, 0.3) is 16.8 Å². The number of aryl methyl sites for hydroxylation is 1. The molecule has 4 rings (SSSR count). The van der Waals surface area contributed by atoms with E-state index in [0.717, 1.165) is 31.4 Å². The molecule has 1 N–H and O–H groups in total. The molecule has 2 heterocycles. The maximum Gasteiger partial charge on any atom is 0.435 e. The van der Waals surface area contributed by atoms with E-state index in [4.69, 9.17) is 0 Å². The molecule has 1 aliphatic rings. The van der Waals surface area contributed by atoms with Crippen molar-refractivity contribution in [3.63, 3.8) is 0 Å². The van der Waals surface area contributed by atoms with Crippen molar-refractivity contribution < 1.29 is 17.6 Å². The second kappa shape index (κ2) is 8.08. The first-order chi connectivity index (χ1) is 14.3. The Morgan fingerprint density at radius 1 is 1.13 bits per heavy atom. The number of allylic oxidation sites excluding steroid dienone is 1. The summed E-state index contributed by atoms with van der Waals surface area (Å²) in [5, 5.41) is 7.07. The average molecular weight is 418 g/mol. The Morgan fingerprint density at radius 3 is 2.57 bits per heavy atom. The van der Waals surface area contributed by atoms with E-state index >= 15 is 0 Å². The van der Waals surface area contributed by atoms with E-state index in [-0.39, 0.29) is 16.8 Å². The van der Waals surface area contributed by atoms with Crippen molar-refractivity contribution in [3.8, 4) is 11.1 Å². The van der Waals surface area contributed by atoms with Gasteiger partial charge in [-0.25, -0.2) is 9.37 Å². The predicted molar refractivity (Wildman–Crippen MR) is 108 cm³/mol. The van der Waals surface area contributed by atoms with Crippen LogP contribution < -0.4 is 5.32 Å². The molecule has 8 heteroatoms. The number of anilines is 1. The van der Waals surface area contributed by atoms with E-state index in [1.54, 1.807) is 13.0 Å². The number of benzene rings is 1. The quantitative estimate of drug-likeness (QED) is 0.398. The van der Waals surface area contributed by atoms with E-state index in [1.807, 2.05) is 0 Å². The largest absolute Gasteiger partial charge is 0.435 e. The highest BCUT2D eigenvalue weighted by molar-refractivity contribution is 5.81. The Labute approximate surface area is 171 Å². The summed E-state index contributed by atoms with van der Waals surface area (Å²) in [4.78, 5) is 4.32. The lowest BCUT2D eigenvalue weighted by molar-refractivity contribution is -0.140. The molecule has 4 nitrogen and oxygen atoms in total. The molecule has 0 fully saturated rings. The Kier molecular flexibility index (Phi) is 5.49. The zero-order valence-electron chi connectivity index (χ0n) is 16.6. The molecular weight excluding hydrogens is 396 g/mol. The highest BCUT2D eigenvalue weighted by Gasteiger charge is 2.39. The van der Waals surface area contributed by atoms with Crippen molar-refractivity contribution >= 4 is 11.5 Å². The smallest absolute Gasteiger partial charge is 0.370 e. The minimum absolute atomic E-state index is 0.0910. The first kappa shape index (κ1) is 20.4. The van der Waals surface area contributed by atoms with Gasteiger partial charge in [0.05, 0.1) is 5.56 Å². The summed E-state index contributed by atoms with van der Waals surface area (Å²) >= 11 is 0. The molecule has 158 valence electrons. The number of rotatable bonds is 5. The van der Waals surface area contributed by atoms with Crippen LogP contribution in [0.15, 0.2) is 42.0 Å². The first-order valence-corrected chi connectivity index (χ1v) is 9.98. The molecule has 0 radical (unpaired) electrons. The van der Waals surface area contributed by atoms with Gasteiger partial charge in [-0.05, 0) is 56.7 Å². The van der Waals surface area contributed by atoms with Crippen LogP contribution in [-0.4, -0.2) is 21.1 Å². The maximum atomic E-state index is 13.8. The number of hydrogen-bond donors (Lipinski definition) is 1. The van der Waals surface area contributed by atoms with Crippen molar-refractivity contribution in [3.05, 3.63) is 59.2 Å². The van der Waals surface area contributed by atoms with Gasteiger partial charge in [-0.3, -0.25) is 0 Å². The lowest BCUT2D eigenvalue weighted by Gasteiger charge is -2.14. The van der Waals surface area contributed by atoms with E-state index in [0.29, 0.717) is 18.1 Å². The number of aromatic nitrogens is 3. The fraction of sp³-hybridized carbons (Fsp3) is 0.364. The zero-order chi connectivity index (χ0) is 21.3. The molecular formula is C22H22F4N4. The van der Waals surface area contributed by atoms with Gasteiger partial charge in [-0.2, -0.15) is 22.8 Å². The normalized spacial score (nSPS) is 14.8. The van der Waals surface area contributed by atoms with Gasteiger partial charge in [0.15, 0.2) is 11.3 Å². The molecule has 0 unspecified atom stereocenters. The van der Waals surface area contributed by atoms with Crippen LogP contribution in [0.1, 0.15) is 43.5 Å². The van der Waals surface area contributed by atoms with Crippen molar-refractivity contribution in [2.24, 2.45) is 0 Å². The van der Waals surface area contributed by atoms with Gasteiger partial charge < -0.3 is 5.32 Å². The summed E-state index contributed by atoms with van der Waals surface area (Å²) < 4.78 is 55.8. The van der Waals surface area contributed by atoms with Crippen LogP contribution in [0, 0.1) is 12.7 Å². The van der Waals surface area contributed by atoms with Crippen molar-refractivity contribution in [2.75, 3.05) is 11.9 Å². The lowest BCUT2D eigenvalue weighted by Crippen LogP contribution is -2.10. The number of alkyl halides is 3. The van der Waals surface area contributed by atoms with E-state index in [9.17, 15) is 17.6 Å². The highest BCUT2D eigenvalue weighted by Crippen LogP contribution is 2.39.